The summed E-state index contributed by atoms with van der Waals surface area (Å²) >= 11 is -1.60. The van der Waals surface area contributed by atoms with Gasteiger partial charge in [-0.15, -0.1) is 0 Å². The Labute approximate surface area is 113 Å². The highest BCUT2D eigenvalue weighted by atomic mass is 127. The van der Waals surface area contributed by atoms with Gasteiger partial charge in [0.05, 0.1) is 9.13 Å². The SMILES string of the molecule is CC(=O)c1cccc2cc(C(=O)O)c(I=O)cc12. The summed E-state index contributed by atoms with van der Waals surface area (Å²) in [6.07, 6.45) is 0. The van der Waals surface area contributed by atoms with Gasteiger partial charge in [0.2, 0.25) is 0 Å². The van der Waals surface area contributed by atoms with E-state index in [1.807, 2.05) is 0 Å². The van der Waals surface area contributed by atoms with E-state index >= 15 is 0 Å². The van der Waals surface area contributed by atoms with Gasteiger partial charge >= 0.3 is 5.97 Å². The van der Waals surface area contributed by atoms with E-state index in [0.717, 1.165) is 0 Å². The third kappa shape index (κ3) is 2.17. The van der Waals surface area contributed by atoms with Crippen molar-refractivity contribution >= 4 is 43.7 Å². The summed E-state index contributed by atoms with van der Waals surface area (Å²) in [5.41, 5.74) is 0.564. The maximum Gasteiger partial charge on any atom is 0.336 e. The van der Waals surface area contributed by atoms with Crippen LogP contribution in [0.25, 0.3) is 10.8 Å². The van der Waals surface area contributed by atoms with E-state index in [0.29, 0.717) is 19.9 Å². The van der Waals surface area contributed by atoms with Crippen LogP contribution < -0.4 is 0 Å². The fourth-order valence-corrected chi connectivity index (χ4v) is 2.90. The van der Waals surface area contributed by atoms with Crippen molar-refractivity contribution in [2.45, 2.75) is 6.92 Å². The molecule has 0 bridgehead atoms. The molecule has 0 unspecified atom stereocenters. The lowest BCUT2D eigenvalue weighted by molar-refractivity contribution is 0.0695. The van der Waals surface area contributed by atoms with Crippen LogP contribution in [0.15, 0.2) is 30.3 Å². The highest BCUT2D eigenvalue weighted by molar-refractivity contribution is 14.1. The maximum atomic E-state index is 11.5. The standard InChI is InChI=1S/C13H9IO4/c1-7(15)9-4-2-3-8-5-11(13(16)17)12(14-18)6-10(8)9/h2-6H,1H3,(H,16,17). The lowest BCUT2D eigenvalue weighted by atomic mass is 10.00. The molecule has 2 rings (SSSR count). The van der Waals surface area contributed by atoms with Crippen LogP contribution in [0.1, 0.15) is 27.6 Å². The number of carbonyl (C=O) groups is 2. The Hall–Kier alpha value is -1.63. The zero-order chi connectivity index (χ0) is 13.3. The second kappa shape index (κ2) is 4.93. The number of hydrogen-bond acceptors (Lipinski definition) is 3. The molecule has 1 N–H and O–H groups in total. The van der Waals surface area contributed by atoms with Crippen molar-refractivity contribution in [3.05, 3.63) is 45.0 Å². The van der Waals surface area contributed by atoms with E-state index in [9.17, 15) is 12.7 Å². The van der Waals surface area contributed by atoms with Gasteiger partial charge < -0.3 is 5.11 Å². The molecule has 0 heterocycles. The molecule has 0 spiro atoms. The van der Waals surface area contributed by atoms with Crippen molar-refractivity contribution in [1.82, 2.24) is 0 Å². The molecule has 0 aliphatic carbocycles. The van der Waals surface area contributed by atoms with Gasteiger partial charge in [-0.2, -0.15) is 0 Å². The van der Waals surface area contributed by atoms with Crippen molar-refractivity contribution < 1.29 is 17.8 Å². The fraction of sp³-hybridized carbons (Fsp3) is 0.0769. The second-order valence-electron chi connectivity index (χ2n) is 3.80. The predicted molar refractivity (Wildman–Crippen MR) is 74.3 cm³/mol. The Bertz CT molecular complexity index is 676. The first kappa shape index (κ1) is 12.8. The monoisotopic (exact) mass is 356 g/mol. The third-order valence-corrected chi connectivity index (χ3v) is 4.03. The Morgan fingerprint density at radius 3 is 2.44 bits per heavy atom. The number of carboxylic acid groups (broad SMARTS) is 1. The number of carboxylic acids is 1. The second-order valence-corrected chi connectivity index (χ2v) is 5.40. The fourth-order valence-electron chi connectivity index (χ4n) is 1.83. The Morgan fingerprint density at radius 1 is 1.17 bits per heavy atom. The normalized spacial score (nSPS) is 10.5. The Balaban J connectivity index is 2.87. The molecule has 0 saturated heterocycles. The van der Waals surface area contributed by atoms with E-state index in [1.165, 1.54) is 13.0 Å². The molecule has 0 aliphatic rings. The summed E-state index contributed by atoms with van der Waals surface area (Å²) < 4.78 is 11.5. The molecular weight excluding hydrogens is 347 g/mol. The molecule has 0 aromatic heterocycles. The number of carbonyl (C=O) groups excluding carboxylic acids is 1. The van der Waals surface area contributed by atoms with Gasteiger partial charge in [-0.05, 0) is 29.8 Å². The molecule has 0 radical (unpaired) electrons. The molecular formula is C13H9IO4. The number of benzene rings is 2. The van der Waals surface area contributed by atoms with E-state index in [-0.39, 0.29) is 11.3 Å². The van der Waals surface area contributed by atoms with Gasteiger partial charge in [-0.3, -0.25) is 7.86 Å². The van der Waals surface area contributed by atoms with Crippen LogP contribution in [0.2, 0.25) is 0 Å². The number of Topliss-reactive ketones (excluding diaryl/α,β-unsaturated/α-hetero) is 1. The summed E-state index contributed by atoms with van der Waals surface area (Å²) in [5.74, 6) is -1.20. The number of hydrogen-bond donors (Lipinski definition) is 1. The molecule has 0 aliphatic heterocycles. The van der Waals surface area contributed by atoms with Gasteiger partial charge in [-0.25, -0.2) is 4.79 Å². The van der Waals surface area contributed by atoms with Crippen LogP contribution in [0, 0.1) is 3.57 Å². The summed E-state index contributed by atoms with van der Waals surface area (Å²) in [6, 6.07) is 8.14. The topological polar surface area (TPSA) is 71.4 Å². The highest BCUT2D eigenvalue weighted by Gasteiger charge is 2.14. The number of rotatable bonds is 3. The Morgan fingerprint density at radius 2 is 1.89 bits per heavy atom. The predicted octanol–water partition coefficient (Wildman–Crippen LogP) is 3.23. The quantitative estimate of drug-likeness (QED) is 0.677. The molecule has 92 valence electrons. The van der Waals surface area contributed by atoms with Gasteiger partial charge in [0.15, 0.2) is 27.0 Å². The van der Waals surface area contributed by atoms with Crippen molar-refractivity contribution in [1.29, 1.82) is 0 Å². The molecule has 0 fully saturated rings. The van der Waals surface area contributed by atoms with Gasteiger partial charge in [0.1, 0.15) is 0 Å². The number of halogens is 1. The molecule has 0 atom stereocenters. The van der Waals surface area contributed by atoms with Gasteiger partial charge in [0, 0.05) is 5.56 Å². The summed E-state index contributed by atoms with van der Waals surface area (Å²) in [5, 5.41) is 10.4. The number of ketones is 1. The van der Waals surface area contributed by atoms with Crippen LogP contribution in [0.3, 0.4) is 0 Å². The lowest BCUT2D eigenvalue weighted by Crippen LogP contribution is -2.01. The smallest absolute Gasteiger partial charge is 0.336 e. The summed E-state index contributed by atoms with van der Waals surface area (Å²) in [6.45, 7) is 1.45. The molecule has 4 nitrogen and oxygen atoms in total. The molecule has 2 aromatic carbocycles. The van der Waals surface area contributed by atoms with E-state index in [2.05, 4.69) is 0 Å². The summed E-state index contributed by atoms with van der Waals surface area (Å²) in [4.78, 5) is 22.5. The van der Waals surface area contributed by atoms with Crippen molar-refractivity contribution in [2.75, 3.05) is 0 Å². The molecule has 18 heavy (non-hydrogen) atoms. The minimum atomic E-state index is -1.60. The van der Waals surface area contributed by atoms with Crippen LogP contribution in [0.5, 0.6) is 0 Å². The van der Waals surface area contributed by atoms with E-state index in [4.69, 9.17) is 5.11 Å². The van der Waals surface area contributed by atoms with Crippen molar-refractivity contribution in [2.24, 2.45) is 0 Å². The van der Waals surface area contributed by atoms with Crippen LogP contribution in [0.4, 0.5) is 0 Å². The van der Waals surface area contributed by atoms with Crippen molar-refractivity contribution in [3.8, 4) is 0 Å². The maximum absolute atomic E-state index is 11.5. The minimum absolute atomic E-state index is 0.0472. The summed E-state index contributed by atoms with van der Waals surface area (Å²) in [7, 11) is 0. The average Bonchev–Trinajstić information content (AvgIpc) is 2.35. The van der Waals surface area contributed by atoms with E-state index in [1.54, 1.807) is 24.3 Å². The third-order valence-electron chi connectivity index (χ3n) is 2.66. The minimum Gasteiger partial charge on any atom is -0.478 e. The largest absolute Gasteiger partial charge is 0.478 e. The van der Waals surface area contributed by atoms with Gasteiger partial charge in [0.25, 0.3) is 0 Å². The Kier molecular flexibility index (Phi) is 3.51. The van der Waals surface area contributed by atoms with Gasteiger partial charge in [-0.1, -0.05) is 18.2 Å². The number of fused-ring (bicyclic) bond motifs is 1. The zero-order valence-corrected chi connectivity index (χ0v) is 11.6. The first-order chi connectivity index (χ1) is 8.54. The molecule has 5 heteroatoms. The number of aromatic carboxylic acids is 1. The molecule has 2 aromatic rings. The first-order valence-electron chi connectivity index (χ1n) is 5.12. The molecule has 0 saturated carbocycles. The van der Waals surface area contributed by atoms with Crippen molar-refractivity contribution in [3.63, 3.8) is 0 Å². The average molecular weight is 356 g/mol. The molecule has 0 amide bonds. The van der Waals surface area contributed by atoms with E-state index < -0.39 is 27.2 Å². The lowest BCUT2D eigenvalue weighted by Gasteiger charge is -2.06. The van der Waals surface area contributed by atoms with Crippen LogP contribution in [-0.4, -0.2) is 16.9 Å². The first-order valence-corrected chi connectivity index (χ1v) is 7.08. The highest BCUT2D eigenvalue weighted by Crippen LogP contribution is 2.26. The van der Waals surface area contributed by atoms with Crippen LogP contribution in [-0.2, 0) is 3.07 Å². The zero-order valence-electron chi connectivity index (χ0n) is 9.44. The van der Waals surface area contributed by atoms with Crippen LogP contribution >= 0.6 is 21.2 Å².